The highest BCUT2D eigenvalue weighted by Gasteiger charge is 2.42. The van der Waals surface area contributed by atoms with Crippen molar-refractivity contribution in [2.45, 2.75) is 69.9 Å². The smallest absolute Gasteiger partial charge is 0.335 e. The van der Waals surface area contributed by atoms with Gasteiger partial charge >= 0.3 is 5.97 Å². The molecule has 5 heterocycles. The number of carboxylic acids is 1. The minimum Gasteiger partial charge on any atom is -0.478 e. The Hall–Kier alpha value is -4.49. The maximum Gasteiger partial charge on any atom is 0.335 e. The number of aromatic carboxylic acids is 1. The van der Waals surface area contributed by atoms with Crippen LogP contribution in [0.3, 0.4) is 0 Å². The standard InChI is InChI=1S/C33H32FN5O4/c34-27-14-20(17-35)4-5-23(27)19-43-32-3-1-2-30(37-32)39-24-7-8-25(39)13-21(12-24)15-31-36-28-9-6-22(33(40)41)16-29(28)38(31)18-26-10-11-42-26/h1-6,9,14,16,21,24-26H,7-8,10-13,15,18-19H2,(H,40,41)/t21?,24-,25+,26-/m0/s1. The molecule has 3 aliphatic rings. The van der Waals surface area contributed by atoms with Crippen molar-refractivity contribution in [1.29, 1.82) is 5.26 Å². The van der Waals surface area contributed by atoms with Gasteiger partial charge in [0.2, 0.25) is 5.88 Å². The zero-order valence-electron chi connectivity index (χ0n) is 23.7. The second-order valence-electron chi connectivity index (χ2n) is 11.8. The molecule has 0 aliphatic carbocycles. The van der Waals surface area contributed by atoms with Gasteiger partial charge in [0.1, 0.15) is 24.1 Å². The van der Waals surface area contributed by atoms with Gasteiger partial charge in [-0.05, 0) is 74.4 Å². The first kappa shape index (κ1) is 27.3. The predicted molar refractivity (Wildman–Crippen MR) is 156 cm³/mol. The van der Waals surface area contributed by atoms with Crippen LogP contribution in [0.15, 0.2) is 54.6 Å². The molecule has 1 N–H and O–H groups in total. The number of pyridine rings is 1. The predicted octanol–water partition coefficient (Wildman–Crippen LogP) is 5.50. The summed E-state index contributed by atoms with van der Waals surface area (Å²) in [6.07, 6.45) is 6.19. The average Bonchev–Trinajstić information content (AvgIpc) is 3.46. The van der Waals surface area contributed by atoms with Crippen molar-refractivity contribution in [2.24, 2.45) is 5.92 Å². The molecule has 4 atom stereocenters. The molecule has 43 heavy (non-hydrogen) atoms. The second kappa shape index (κ2) is 11.3. The van der Waals surface area contributed by atoms with Crippen LogP contribution in [0, 0.1) is 23.1 Å². The van der Waals surface area contributed by atoms with Crippen molar-refractivity contribution in [3.63, 3.8) is 0 Å². The quantitative estimate of drug-likeness (QED) is 0.276. The van der Waals surface area contributed by atoms with Gasteiger partial charge in [-0.3, -0.25) is 0 Å². The number of carboxylic acid groups (broad SMARTS) is 1. The highest BCUT2D eigenvalue weighted by Crippen LogP contribution is 2.42. The molecule has 9 nitrogen and oxygen atoms in total. The van der Waals surface area contributed by atoms with E-state index in [4.69, 9.17) is 24.7 Å². The van der Waals surface area contributed by atoms with Gasteiger partial charge < -0.3 is 24.0 Å². The van der Waals surface area contributed by atoms with Crippen molar-refractivity contribution < 1.29 is 23.8 Å². The molecule has 2 bridgehead atoms. The number of ether oxygens (including phenoxy) is 2. The summed E-state index contributed by atoms with van der Waals surface area (Å²) in [5, 5.41) is 18.5. The Morgan fingerprint density at radius 3 is 2.60 bits per heavy atom. The Morgan fingerprint density at radius 1 is 1.09 bits per heavy atom. The molecular formula is C33H32FN5O4. The first-order valence-electron chi connectivity index (χ1n) is 14.9. The number of fused-ring (bicyclic) bond motifs is 3. The molecule has 2 aromatic carbocycles. The van der Waals surface area contributed by atoms with Crippen molar-refractivity contribution in [1.82, 2.24) is 14.5 Å². The molecule has 3 aliphatic heterocycles. The molecule has 1 unspecified atom stereocenters. The summed E-state index contributed by atoms with van der Waals surface area (Å²) in [5.41, 5.74) is 2.59. The fourth-order valence-corrected chi connectivity index (χ4v) is 6.90. The zero-order valence-corrected chi connectivity index (χ0v) is 23.7. The first-order chi connectivity index (χ1) is 20.9. The lowest BCUT2D eigenvalue weighted by atomic mass is 9.88. The lowest BCUT2D eigenvalue weighted by Crippen LogP contribution is -2.44. The summed E-state index contributed by atoms with van der Waals surface area (Å²) in [6, 6.07) is 17.9. The number of imidazole rings is 1. The Kier molecular flexibility index (Phi) is 7.19. The fraction of sp³-hybridized carbons (Fsp3) is 0.394. The van der Waals surface area contributed by atoms with Crippen LogP contribution in [0.2, 0.25) is 0 Å². The largest absolute Gasteiger partial charge is 0.478 e. The van der Waals surface area contributed by atoms with Gasteiger partial charge in [-0.1, -0.05) is 12.1 Å². The number of nitriles is 1. The van der Waals surface area contributed by atoms with Gasteiger partial charge in [0.25, 0.3) is 0 Å². The van der Waals surface area contributed by atoms with Crippen LogP contribution in [0.25, 0.3) is 11.0 Å². The minimum absolute atomic E-state index is 0.0315. The van der Waals surface area contributed by atoms with E-state index >= 15 is 0 Å². The number of halogens is 1. The number of anilines is 1. The summed E-state index contributed by atoms with van der Waals surface area (Å²) in [6.45, 7) is 1.48. The number of rotatable bonds is 9. The second-order valence-corrected chi connectivity index (χ2v) is 11.8. The summed E-state index contributed by atoms with van der Waals surface area (Å²) in [4.78, 5) is 23.8. The molecule has 4 aromatic rings. The van der Waals surface area contributed by atoms with E-state index in [0.717, 1.165) is 67.8 Å². The first-order valence-corrected chi connectivity index (χ1v) is 14.9. The molecule has 2 aromatic heterocycles. The van der Waals surface area contributed by atoms with Crippen LogP contribution in [0.1, 0.15) is 59.4 Å². The highest BCUT2D eigenvalue weighted by molar-refractivity contribution is 5.92. The highest BCUT2D eigenvalue weighted by atomic mass is 19.1. The third-order valence-electron chi connectivity index (χ3n) is 9.09. The van der Waals surface area contributed by atoms with E-state index in [9.17, 15) is 14.3 Å². The van der Waals surface area contributed by atoms with Gasteiger partial charge in [0.15, 0.2) is 0 Å². The van der Waals surface area contributed by atoms with Gasteiger partial charge in [-0.25, -0.2) is 14.2 Å². The Morgan fingerprint density at radius 2 is 1.91 bits per heavy atom. The van der Waals surface area contributed by atoms with Gasteiger partial charge in [-0.15, -0.1) is 0 Å². The number of piperidine rings is 1. The van der Waals surface area contributed by atoms with Crippen LogP contribution in [0.4, 0.5) is 10.2 Å². The number of aromatic nitrogens is 3. The van der Waals surface area contributed by atoms with E-state index in [0.29, 0.717) is 36.0 Å². The number of hydrogen-bond acceptors (Lipinski definition) is 7. The normalized spacial score (nSPS) is 22.7. The number of nitrogens with zero attached hydrogens (tertiary/aromatic N) is 5. The Labute approximate surface area is 248 Å². The van der Waals surface area contributed by atoms with E-state index in [1.807, 2.05) is 24.3 Å². The van der Waals surface area contributed by atoms with E-state index in [2.05, 4.69) is 9.47 Å². The van der Waals surface area contributed by atoms with Crippen molar-refractivity contribution >= 4 is 22.8 Å². The van der Waals surface area contributed by atoms with Crippen molar-refractivity contribution in [3.8, 4) is 11.9 Å². The molecule has 0 spiro atoms. The van der Waals surface area contributed by atoms with Crippen molar-refractivity contribution in [2.75, 3.05) is 11.5 Å². The van der Waals surface area contributed by atoms with Gasteiger partial charge in [-0.2, -0.15) is 10.2 Å². The molecule has 10 heteroatoms. The monoisotopic (exact) mass is 581 g/mol. The van der Waals surface area contributed by atoms with Crippen LogP contribution in [-0.4, -0.2) is 50.4 Å². The van der Waals surface area contributed by atoms with Crippen LogP contribution in [0.5, 0.6) is 5.88 Å². The summed E-state index contributed by atoms with van der Waals surface area (Å²) in [5.74, 6) is 1.35. The third kappa shape index (κ3) is 5.41. The van der Waals surface area contributed by atoms with Gasteiger partial charge in [0, 0.05) is 36.7 Å². The Balaban J connectivity index is 1.06. The van der Waals surface area contributed by atoms with Crippen LogP contribution >= 0.6 is 0 Å². The van der Waals surface area contributed by atoms with E-state index < -0.39 is 11.8 Å². The van der Waals surface area contributed by atoms with E-state index in [-0.39, 0.29) is 23.8 Å². The topological polar surface area (TPSA) is 114 Å². The molecule has 3 fully saturated rings. The molecule has 0 radical (unpaired) electrons. The van der Waals surface area contributed by atoms with Crippen LogP contribution < -0.4 is 9.64 Å². The Bertz CT molecular complexity index is 1710. The van der Waals surface area contributed by atoms with E-state index in [1.54, 1.807) is 30.3 Å². The SMILES string of the molecule is N#Cc1ccc(COc2cccc(N3[C@@H]4CC[C@H]3CC(Cc3nc5ccc(C(=O)O)cc5n3C[C@@H]3CCO3)C4)n2)c(F)c1. The maximum atomic E-state index is 14.3. The average molecular weight is 582 g/mol. The number of hydrogen-bond donors (Lipinski definition) is 1. The van der Waals surface area contributed by atoms with E-state index in [1.165, 1.54) is 6.07 Å². The number of carbonyl (C=O) groups is 1. The summed E-state index contributed by atoms with van der Waals surface area (Å²) >= 11 is 0. The molecule has 0 saturated carbocycles. The lowest BCUT2D eigenvalue weighted by molar-refractivity contribution is -0.0590. The van der Waals surface area contributed by atoms with Gasteiger partial charge in [0.05, 0.1) is 40.9 Å². The summed E-state index contributed by atoms with van der Waals surface area (Å²) < 4.78 is 28.1. The zero-order chi connectivity index (χ0) is 29.5. The third-order valence-corrected chi connectivity index (χ3v) is 9.09. The minimum atomic E-state index is -0.940. The van der Waals surface area contributed by atoms with Crippen LogP contribution in [-0.2, 0) is 24.3 Å². The molecular weight excluding hydrogens is 549 g/mol. The molecule has 0 amide bonds. The number of benzene rings is 2. The van der Waals surface area contributed by atoms with Crippen molar-refractivity contribution in [3.05, 3.63) is 82.9 Å². The molecule has 7 rings (SSSR count). The fourth-order valence-electron chi connectivity index (χ4n) is 6.90. The molecule has 220 valence electrons. The molecule has 3 saturated heterocycles. The lowest BCUT2D eigenvalue weighted by Gasteiger charge is -2.40. The maximum absolute atomic E-state index is 14.3. The summed E-state index contributed by atoms with van der Waals surface area (Å²) in [7, 11) is 0.